The van der Waals surface area contributed by atoms with Gasteiger partial charge in [0.1, 0.15) is 5.75 Å². The number of Topliss-reactive ketones (excluding diaryl/α,β-unsaturated/α-hetero) is 1. The molecule has 0 saturated heterocycles. The number of halogens is 2. The maximum absolute atomic E-state index is 13.7. The van der Waals surface area contributed by atoms with Crippen molar-refractivity contribution in [3.63, 3.8) is 0 Å². The lowest BCUT2D eigenvalue weighted by atomic mass is 10.1. The average molecular weight is 279 g/mol. The molecule has 0 aliphatic heterocycles. The first-order chi connectivity index (χ1) is 9.11. The van der Waals surface area contributed by atoms with Crippen molar-refractivity contribution in [3.05, 3.63) is 58.9 Å². The van der Waals surface area contributed by atoms with Gasteiger partial charge < -0.3 is 4.74 Å². The Bertz CT molecular complexity index is 611. The Morgan fingerprint density at radius 2 is 2.00 bits per heavy atom. The molecule has 0 atom stereocenters. The fourth-order valence-electron chi connectivity index (χ4n) is 1.63. The van der Waals surface area contributed by atoms with E-state index in [0.717, 1.165) is 0 Å². The Morgan fingerprint density at radius 3 is 2.74 bits per heavy atom. The fourth-order valence-corrected chi connectivity index (χ4v) is 1.79. The summed E-state index contributed by atoms with van der Waals surface area (Å²) in [6.07, 6.45) is 0.412. The van der Waals surface area contributed by atoms with Crippen molar-refractivity contribution in [2.45, 2.75) is 13.3 Å². The van der Waals surface area contributed by atoms with Crippen LogP contribution in [0, 0.1) is 5.82 Å². The summed E-state index contributed by atoms with van der Waals surface area (Å²) in [4.78, 5) is 11.6. The van der Waals surface area contributed by atoms with Crippen LogP contribution in [0.4, 0.5) is 4.39 Å². The van der Waals surface area contributed by atoms with Gasteiger partial charge in [0.15, 0.2) is 17.3 Å². The number of benzene rings is 2. The minimum atomic E-state index is -0.614. The molecule has 0 bridgehead atoms. The number of carbonyl (C=O) groups excluding carboxylic acids is 1. The van der Waals surface area contributed by atoms with Crippen molar-refractivity contribution in [1.82, 2.24) is 0 Å². The van der Waals surface area contributed by atoms with Gasteiger partial charge in [-0.05, 0) is 24.3 Å². The second-order valence-corrected chi connectivity index (χ2v) is 4.37. The van der Waals surface area contributed by atoms with E-state index in [2.05, 4.69) is 0 Å². The quantitative estimate of drug-likeness (QED) is 0.746. The Hall–Kier alpha value is -1.87. The number of ketones is 1. The molecular formula is C15H12ClFO2. The molecular weight excluding hydrogens is 267 g/mol. The number of carbonyl (C=O) groups is 1. The van der Waals surface area contributed by atoms with Gasteiger partial charge in [0.2, 0.25) is 0 Å². The molecule has 0 heterocycles. The van der Waals surface area contributed by atoms with E-state index in [0.29, 0.717) is 17.7 Å². The average Bonchev–Trinajstić information content (AvgIpc) is 2.43. The van der Waals surface area contributed by atoms with Crippen LogP contribution in [-0.2, 0) is 0 Å². The highest BCUT2D eigenvalue weighted by Crippen LogP contribution is 2.29. The normalized spacial score (nSPS) is 10.3. The molecule has 0 N–H and O–H groups in total. The van der Waals surface area contributed by atoms with Gasteiger partial charge in [0, 0.05) is 12.0 Å². The van der Waals surface area contributed by atoms with Crippen LogP contribution in [0.2, 0.25) is 5.02 Å². The van der Waals surface area contributed by atoms with E-state index in [1.54, 1.807) is 37.3 Å². The third-order valence-corrected chi connectivity index (χ3v) is 2.91. The van der Waals surface area contributed by atoms with Crippen molar-refractivity contribution in [2.24, 2.45) is 0 Å². The van der Waals surface area contributed by atoms with Crippen LogP contribution in [0.3, 0.4) is 0 Å². The van der Waals surface area contributed by atoms with Gasteiger partial charge in [-0.1, -0.05) is 36.7 Å². The summed E-state index contributed by atoms with van der Waals surface area (Å²) < 4.78 is 19.1. The Kier molecular flexibility index (Phi) is 4.17. The van der Waals surface area contributed by atoms with E-state index in [4.69, 9.17) is 16.3 Å². The first kappa shape index (κ1) is 13.6. The molecule has 98 valence electrons. The van der Waals surface area contributed by atoms with Crippen LogP contribution >= 0.6 is 11.6 Å². The largest absolute Gasteiger partial charge is 0.454 e. The van der Waals surface area contributed by atoms with Crippen molar-refractivity contribution in [1.29, 1.82) is 0 Å². The summed E-state index contributed by atoms with van der Waals surface area (Å²) in [6.45, 7) is 1.78. The second-order valence-electron chi connectivity index (χ2n) is 3.96. The minimum absolute atomic E-state index is 0.00158. The third kappa shape index (κ3) is 3.12. The Morgan fingerprint density at radius 1 is 1.26 bits per heavy atom. The van der Waals surface area contributed by atoms with Crippen molar-refractivity contribution in [2.75, 3.05) is 0 Å². The number of hydrogen-bond donors (Lipinski definition) is 0. The lowest BCUT2D eigenvalue weighted by molar-refractivity contribution is 0.0988. The first-order valence-electron chi connectivity index (χ1n) is 5.87. The minimum Gasteiger partial charge on any atom is -0.454 e. The molecule has 0 aliphatic rings. The predicted octanol–water partition coefficient (Wildman–Crippen LogP) is 4.86. The highest BCUT2D eigenvalue weighted by molar-refractivity contribution is 6.30. The topological polar surface area (TPSA) is 26.3 Å². The summed E-state index contributed by atoms with van der Waals surface area (Å²) in [5.74, 6) is -0.164. The molecule has 2 nitrogen and oxygen atoms in total. The van der Waals surface area contributed by atoms with Crippen LogP contribution in [0.25, 0.3) is 0 Å². The molecule has 2 aromatic rings. The van der Waals surface area contributed by atoms with Crippen LogP contribution in [0.5, 0.6) is 11.5 Å². The summed E-state index contributed by atoms with van der Waals surface area (Å²) in [5.41, 5.74) is 0.544. The molecule has 2 rings (SSSR count). The Balaban J connectivity index is 2.28. The first-order valence-corrected chi connectivity index (χ1v) is 6.24. The molecule has 0 fully saturated rings. The van der Waals surface area contributed by atoms with Gasteiger partial charge in [0.25, 0.3) is 0 Å². The fraction of sp³-hybridized carbons (Fsp3) is 0.133. The lowest BCUT2D eigenvalue weighted by Crippen LogP contribution is -1.97. The molecule has 4 heteroatoms. The smallest absolute Gasteiger partial charge is 0.184 e. The van der Waals surface area contributed by atoms with Crippen LogP contribution in [-0.4, -0.2) is 5.78 Å². The summed E-state index contributed by atoms with van der Waals surface area (Å²) in [7, 11) is 0. The van der Waals surface area contributed by atoms with Crippen LogP contribution < -0.4 is 4.74 Å². The molecule has 0 saturated carbocycles. The molecule has 0 unspecified atom stereocenters. The molecule has 0 aliphatic carbocycles. The SMILES string of the molecule is CCC(=O)c1cccc(Oc2cccc(Cl)c2F)c1. The van der Waals surface area contributed by atoms with Crippen molar-refractivity contribution < 1.29 is 13.9 Å². The summed E-state index contributed by atoms with van der Waals surface area (Å²) in [6, 6.07) is 11.2. The Labute approximate surface area is 115 Å². The third-order valence-electron chi connectivity index (χ3n) is 2.62. The van der Waals surface area contributed by atoms with Gasteiger partial charge in [-0.3, -0.25) is 4.79 Å². The highest BCUT2D eigenvalue weighted by atomic mass is 35.5. The van der Waals surface area contributed by atoms with E-state index in [1.165, 1.54) is 12.1 Å². The van der Waals surface area contributed by atoms with E-state index in [9.17, 15) is 9.18 Å². The van der Waals surface area contributed by atoms with Gasteiger partial charge in [0.05, 0.1) is 5.02 Å². The molecule has 0 radical (unpaired) electrons. The van der Waals surface area contributed by atoms with Crippen LogP contribution in [0.1, 0.15) is 23.7 Å². The monoisotopic (exact) mass is 278 g/mol. The second kappa shape index (κ2) is 5.85. The van der Waals surface area contributed by atoms with E-state index in [1.807, 2.05) is 0 Å². The van der Waals surface area contributed by atoms with Gasteiger partial charge in [-0.25, -0.2) is 4.39 Å². The zero-order valence-electron chi connectivity index (χ0n) is 10.3. The molecule has 19 heavy (non-hydrogen) atoms. The van der Waals surface area contributed by atoms with E-state index >= 15 is 0 Å². The van der Waals surface area contributed by atoms with Crippen molar-refractivity contribution in [3.8, 4) is 11.5 Å². The standard InChI is InChI=1S/C15H12ClFO2/c1-2-13(18)10-5-3-6-11(9-10)19-14-8-4-7-12(16)15(14)17/h3-9H,2H2,1H3. The van der Waals surface area contributed by atoms with Gasteiger partial charge >= 0.3 is 0 Å². The van der Waals surface area contributed by atoms with Gasteiger partial charge in [-0.15, -0.1) is 0 Å². The predicted molar refractivity (Wildman–Crippen MR) is 72.5 cm³/mol. The summed E-state index contributed by atoms with van der Waals surface area (Å²) in [5, 5.41) is -0.00158. The van der Waals surface area contributed by atoms with Gasteiger partial charge in [-0.2, -0.15) is 0 Å². The maximum Gasteiger partial charge on any atom is 0.184 e. The lowest BCUT2D eigenvalue weighted by Gasteiger charge is -2.08. The number of rotatable bonds is 4. The molecule has 0 amide bonds. The van der Waals surface area contributed by atoms with E-state index in [-0.39, 0.29) is 16.6 Å². The van der Waals surface area contributed by atoms with E-state index < -0.39 is 5.82 Å². The van der Waals surface area contributed by atoms with Crippen molar-refractivity contribution >= 4 is 17.4 Å². The number of ether oxygens (including phenoxy) is 1. The molecule has 0 spiro atoms. The molecule has 0 aromatic heterocycles. The number of hydrogen-bond acceptors (Lipinski definition) is 2. The zero-order valence-corrected chi connectivity index (χ0v) is 11.1. The summed E-state index contributed by atoms with van der Waals surface area (Å²) >= 11 is 5.68. The van der Waals surface area contributed by atoms with Crippen LogP contribution in [0.15, 0.2) is 42.5 Å². The molecule has 2 aromatic carbocycles. The highest BCUT2D eigenvalue weighted by Gasteiger charge is 2.10. The zero-order chi connectivity index (χ0) is 13.8. The maximum atomic E-state index is 13.7.